The van der Waals surface area contributed by atoms with Crippen molar-refractivity contribution in [1.29, 1.82) is 0 Å². The monoisotopic (exact) mass is 398 g/mol. The molecule has 7 nitrogen and oxygen atoms in total. The van der Waals surface area contributed by atoms with Gasteiger partial charge < -0.3 is 15.8 Å². The predicted octanol–water partition coefficient (Wildman–Crippen LogP) is 1.87. The maximum atomic E-state index is 13.5. The molecule has 0 atom stereocenters. The Morgan fingerprint density at radius 1 is 1.19 bits per heavy atom. The number of carbonyl (C=O) groups excluding carboxylic acids is 1. The fourth-order valence-electron chi connectivity index (χ4n) is 1.92. The topological polar surface area (TPSA) is 119 Å². The molecule has 0 fully saturated rings. The zero-order valence-corrected chi connectivity index (χ0v) is 15.7. The molecular weight excluding hydrogens is 375 g/mol. The first-order chi connectivity index (χ1) is 12.6. The van der Waals surface area contributed by atoms with E-state index in [0.29, 0.717) is 37.1 Å². The molecule has 0 heterocycles. The molecule has 0 radical (unpaired) electrons. The second kappa shape index (κ2) is 11.3. The molecule has 0 unspecified atom stereocenters. The summed E-state index contributed by atoms with van der Waals surface area (Å²) in [6.45, 7) is 1.41. The third-order valence-electron chi connectivity index (χ3n) is 3.15. The number of hydrogen-bond donors (Lipinski definition) is 3. The number of carbonyl (C=O) groups is 1. The van der Waals surface area contributed by atoms with Crippen LogP contribution in [0.1, 0.15) is 17.5 Å². The van der Waals surface area contributed by atoms with Gasteiger partial charge in [-0.1, -0.05) is 30.3 Å². The van der Waals surface area contributed by atoms with Crippen molar-refractivity contribution in [2.75, 3.05) is 12.8 Å². The van der Waals surface area contributed by atoms with Crippen LogP contribution in [0.15, 0.2) is 48.5 Å². The maximum Gasteiger partial charge on any atom is 0.261 e. The zero-order valence-electron chi connectivity index (χ0n) is 14.9. The van der Waals surface area contributed by atoms with Crippen molar-refractivity contribution in [2.45, 2.75) is 19.6 Å². The van der Waals surface area contributed by atoms with Gasteiger partial charge in [-0.05, 0) is 23.8 Å². The Balaban J connectivity index is 0.000000646. The van der Waals surface area contributed by atoms with Crippen molar-refractivity contribution in [1.82, 2.24) is 5.32 Å². The lowest BCUT2D eigenvalue weighted by Crippen LogP contribution is -2.21. The smallest absolute Gasteiger partial charge is 0.261 e. The third-order valence-corrected chi connectivity index (χ3v) is 3.15. The van der Waals surface area contributed by atoms with Gasteiger partial charge in [-0.2, -0.15) is 8.42 Å². The largest absolute Gasteiger partial charge is 0.489 e. The van der Waals surface area contributed by atoms with Crippen LogP contribution in [-0.4, -0.2) is 31.7 Å². The zero-order chi connectivity index (χ0) is 20.3. The van der Waals surface area contributed by atoms with E-state index in [2.05, 4.69) is 5.32 Å². The highest BCUT2D eigenvalue weighted by Crippen LogP contribution is 2.15. The number of nitrogens with one attached hydrogen (secondary N) is 1. The van der Waals surface area contributed by atoms with Crippen molar-refractivity contribution in [2.24, 2.45) is 5.73 Å². The van der Waals surface area contributed by atoms with E-state index in [1.165, 1.54) is 6.07 Å². The van der Waals surface area contributed by atoms with Crippen LogP contribution < -0.4 is 15.8 Å². The highest BCUT2D eigenvalue weighted by atomic mass is 32.2. The standard InChI is InChI=1S/C17H19FN2O2.CH4O3S/c18-16-4-2-1-3-14(16)12-22-15-7-5-13(6-8-15)11-20-10-9-17(19)21;1-5(2,3)4/h1-8,20H,9-12H2,(H2,19,21);1H3,(H,2,3,4). The molecule has 0 saturated carbocycles. The van der Waals surface area contributed by atoms with Gasteiger partial charge in [-0.25, -0.2) is 4.39 Å². The summed E-state index contributed by atoms with van der Waals surface area (Å²) in [6.07, 6.45) is 1.04. The van der Waals surface area contributed by atoms with Crippen LogP contribution in [0, 0.1) is 5.82 Å². The molecule has 0 spiro atoms. The first kappa shape index (κ1) is 22.6. The van der Waals surface area contributed by atoms with Gasteiger partial charge in [0.05, 0.1) is 6.26 Å². The van der Waals surface area contributed by atoms with Gasteiger partial charge in [-0.3, -0.25) is 9.35 Å². The van der Waals surface area contributed by atoms with Crippen molar-refractivity contribution < 1.29 is 26.9 Å². The summed E-state index contributed by atoms with van der Waals surface area (Å²) in [5.41, 5.74) is 6.66. The summed E-state index contributed by atoms with van der Waals surface area (Å²) in [4.78, 5) is 10.6. The van der Waals surface area contributed by atoms with E-state index in [9.17, 15) is 17.6 Å². The Morgan fingerprint density at radius 2 is 1.78 bits per heavy atom. The fraction of sp³-hybridized carbons (Fsp3) is 0.278. The van der Waals surface area contributed by atoms with Crippen LogP contribution in [0.2, 0.25) is 0 Å². The number of hydrogen-bond acceptors (Lipinski definition) is 5. The van der Waals surface area contributed by atoms with Gasteiger partial charge in [0, 0.05) is 25.1 Å². The van der Waals surface area contributed by atoms with Crippen molar-refractivity contribution in [3.8, 4) is 5.75 Å². The Kier molecular flexibility index (Phi) is 9.41. The van der Waals surface area contributed by atoms with E-state index in [1.54, 1.807) is 18.2 Å². The lowest BCUT2D eigenvalue weighted by Gasteiger charge is -2.08. The summed E-state index contributed by atoms with van der Waals surface area (Å²) >= 11 is 0. The molecule has 0 saturated heterocycles. The average molecular weight is 398 g/mol. The minimum absolute atomic E-state index is 0.197. The van der Waals surface area contributed by atoms with E-state index in [0.717, 1.165) is 5.56 Å². The molecule has 0 aliphatic carbocycles. The Hall–Kier alpha value is -2.49. The predicted molar refractivity (Wildman–Crippen MR) is 100 cm³/mol. The van der Waals surface area contributed by atoms with Crippen molar-refractivity contribution in [3.63, 3.8) is 0 Å². The molecule has 0 bridgehead atoms. The van der Waals surface area contributed by atoms with Crippen molar-refractivity contribution >= 4 is 16.0 Å². The van der Waals surface area contributed by atoms with E-state index in [4.69, 9.17) is 15.0 Å². The summed E-state index contributed by atoms with van der Waals surface area (Å²) in [5.74, 6) is 0.103. The minimum atomic E-state index is -3.67. The Morgan fingerprint density at radius 3 is 2.33 bits per heavy atom. The molecule has 0 aliphatic heterocycles. The third kappa shape index (κ3) is 11.7. The number of amides is 1. The maximum absolute atomic E-state index is 13.5. The van der Waals surface area contributed by atoms with Crippen molar-refractivity contribution in [3.05, 3.63) is 65.5 Å². The highest BCUT2D eigenvalue weighted by Gasteiger charge is 2.02. The second-order valence-corrected chi connectivity index (χ2v) is 7.12. The quantitative estimate of drug-likeness (QED) is 0.461. The number of primary amides is 1. The summed E-state index contributed by atoms with van der Waals surface area (Å²) in [6, 6.07) is 14.1. The molecule has 0 aromatic heterocycles. The molecule has 2 aromatic rings. The first-order valence-corrected chi connectivity index (χ1v) is 9.86. The molecular formula is C18H23FN2O5S. The number of benzene rings is 2. The molecule has 1 amide bonds. The van der Waals surface area contributed by atoms with E-state index in [1.807, 2.05) is 24.3 Å². The first-order valence-electron chi connectivity index (χ1n) is 8.02. The highest BCUT2D eigenvalue weighted by molar-refractivity contribution is 7.85. The van der Waals surface area contributed by atoms with E-state index >= 15 is 0 Å². The average Bonchev–Trinajstić information content (AvgIpc) is 2.57. The van der Waals surface area contributed by atoms with Gasteiger partial charge in [0.25, 0.3) is 10.1 Å². The van der Waals surface area contributed by atoms with E-state index in [-0.39, 0.29) is 18.3 Å². The van der Waals surface area contributed by atoms with Crippen LogP contribution >= 0.6 is 0 Å². The molecule has 148 valence electrons. The van der Waals surface area contributed by atoms with Gasteiger partial charge >= 0.3 is 0 Å². The van der Waals surface area contributed by atoms with Gasteiger partial charge in [0.1, 0.15) is 18.2 Å². The number of ether oxygens (including phenoxy) is 1. The Bertz CT molecular complexity index is 818. The molecule has 27 heavy (non-hydrogen) atoms. The second-order valence-electron chi connectivity index (χ2n) is 5.65. The SMILES string of the molecule is CS(=O)(=O)O.NC(=O)CCNCc1ccc(OCc2ccccc2F)cc1. The van der Waals surface area contributed by atoms with Crippen LogP contribution in [0.5, 0.6) is 5.75 Å². The summed E-state index contributed by atoms with van der Waals surface area (Å²) < 4.78 is 44.9. The van der Waals surface area contributed by atoms with Gasteiger partial charge in [0.2, 0.25) is 5.91 Å². The van der Waals surface area contributed by atoms with Crippen LogP contribution in [0.4, 0.5) is 4.39 Å². The van der Waals surface area contributed by atoms with Crippen LogP contribution in [0.25, 0.3) is 0 Å². The van der Waals surface area contributed by atoms with Crippen LogP contribution in [0.3, 0.4) is 0 Å². The molecule has 9 heteroatoms. The summed E-state index contributed by atoms with van der Waals surface area (Å²) in [5, 5.41) is 3.13. The lowest BCUT2D eigenvalue weighted by atomic mass is 10.2. The van der Waals surface area contributed by atoms with E-state index < -0.39 is 10.1 Å². The van der Waals surface area contributed by atoms with Gasteiger partial charge in [-0.15, -0.1) is 0 Å². The Labute approximate surface area is 158 Å². The molecule has 2 rings (SSSR count). The lowest BCUT2D eigenvalue weighted by molar-refractivity contribution is -0.117. The number of rotatable bonds is 8. The summed E-state index contributed by atoms with van der Waals surface area (Å²) in [7, 11) is -3.67. The molecule has 4 N–H and O–H groups in total. The normalized spacial score (nSPS) is 10.6. The fourth-order valence-corrected chi connectivity index (χ4v) is 1.92. The molecule has 2 aromatic carbocycles. The number of halogens is 1. The minimum Gasteiger partial charge on any atom is -0.489 e. The molecule has 0 aliphatic rings. The number of nitrogens with two attached hydrogens (primary N) is 1. The van der Waals surface area contributed by atoms with Crippen LogP contribution in [-0.2, 0) is 28.1 Å². The van der Waals surface area contributed by atoms with Gasteiger partial charge in [0.15, 0.2) is 0 Å².